The standard InChI is InChI=1S/C19H28N6/c1-4-16-17(5-1)21-22-18(16)13-25-12-15(20-23-25)6-11-24-10-3-9-19(14-24)7-2-8-19/h12H,1-11,13-14H2,(H,21,22). The summed E-state index contributed by atoms with van der Waals surface area (Å²) in [4.78, 5) is 2.66. The van der Waals surface area contributed by atoms with E-state index in [9.17, 15) is 0 Å². The minimum atomic E-state index is 0.677. The van der Waals surface area contributed by atoms with E-state index in [0.29, 0.717) is 5.41 Å². The Bertz CT molecular complexity index is 741. The Morgan fingerprint density at radius 3 is 2.92 bits per heavy atom. The summed E-state index contributed by atoms with van der Waals surface area (Å²) in [5, 5.41) is 16.4. The number of H-pyrrole nitrogens is 1. The largest absolute Gasteiger partial charge is 0.302 e. The number of nitrogens with zero attached hydrogens (tertiary/aromatic N) is 5. The first-order valence-corrected chi connectivity index (χ1v) is 9.96. The third-order valence-corrected chi connectivity index (χ3v) is 6.63. The summed E-state index contributed by atoms with van der Waals surface area (Å²) in [6, 6.07) is 0. The normalized spacial score (nSPS) is 22.2. The van der Waals surface area contributed by atoms with E-state index in [0.717, 1.165) is 43.7 Å². The van der Waals surface area contributed by atoms with Gasteiger partial charge in [0.25, 0.3) is 0 Å². The molecule has 6 nitrogen and oxygen atoms in total. The number of fused-ring (bicyclic) bond motifs is 1. The summed E-state index contributed by atoms with van der Waals surface area (Å²) in [5.41, 5.74) is 5.67. The van der Waals surface area contributed by atoms with Crippen molar-refractivity contribution in [2.75, 3.05) is 19.6 Å². The molecule has 0 amide bonds. The van der Waals surface area contributed by atoms with E-state index in [4.69, 9.17) is 0 Å². The molecule has 0 aromatic carbocycles. The minimum Gasteiger partial charge on any atom is -0.302 e. The molecule has 2 aromatic rings. The van der Waals surface area contributed by atoms with Crippen LogP contribution in [0, 0.1) is 5.41 Å². The van der Waals surface area contributed by atoms with Crippen molar-refractivity contribution in [1.82, 2.24) is 30.1 Å². The van der Waals surface area contributed by atoms with Crippen LogP contribution < -0.4 is 0 Å². The van der Waals surface area contributed by atoms with E-state index in [1.807, 2.05) is 4.68 Å². The fourth-order valence-corrected chi connectivity index (χ4v) is 5.06. The van der Waals surface area contributed by atoms with Crippen LogP contribution in [-0.4, -0.2) is 49.7 Å². The van der Waals surface area contributed by atoms with Crippen LogP contribution in [0.5, 0.6) is 0 Å². The summed E-state index contributed by atoms with van der Waals surface area (Å²) in [6.45, 7) is 4.43. The lowest BCUT2D eigenvalue weighted by Crippen LogP contribution is -2.47. The topological polar surface area (TPSA) is 62.6 Å². The quantitative estimate of drug-likeness (QED) is 0.907. The second-order valence-electron chi connectivity index (χ2n) is 8.37. The van der Waals surface area contributed by atoms with Gasteiger partial charge in [-0.2, -0.15) is 5.10 Å². The van der Waals surface area contributed by atoms with Gasteiger partial charge >= 0.3 is 0 Å². The lowest BCUT2D eigenvalue weighted by Gasteiger charge is -2.49. The Balaban J connectivity index is 1.17. The minimum absolute atomic E-state index is 0.677. The van der Waals surface area contributed by atoms with Crippen molar-refractivity contribution in [2.45, 2.75) is 64.3 Å². The molecule has 1 N–H and O–H groups in total. The van der Waals surface area contributed by atoms with Crippen molar-refractivity contribution in [1.29, 1.82) is 0 Å². The highest BCUT2D eigenvalue weighted by atomic mass is 15.4. The van der Waals surface area contributed by atoms with Crippen molar-refractivity contribution in [3.8, 4) is 0 Å². The molecule has 1 aliphatic heterocycles. The molecule has 2 fully saturated rings. The maximum absolute atomic E-state index is 4.47. The van der Waals surface area contributed by atoms with Gasteiger partial charge in [-0.25, -0.2) is 4.68 Å². The van der Waals surface area contributed by atoms with Gasteiger partial charge in [-0.05, 0) is 62.5 Å². The molecule has 1 spiro atoms. The van der Waals surface area contributed by atoms with Crippen molar-refractivity contribution in [2.24, 2.45) is 5.41 Å². The van der Waals surface area contributed by atoms with Gasteiger partial charge in [0.05, 0.1) is 17.9 Å². The van der Waals surface area contributed by atoms with Gasteiger partial charge in [0.1, 0.15) is 0 Å². The number of nitrogens with one attached hydrogen (secondary N) is 1. The zero-order valence-electron chi connectivity index (χ0n) is 15.0. The first kappa shape index (κ1) is 15.6. The highest BCUT2D eigenvalue weighted by molar-refractivity contribution is 5.29. The Morgan fingerprint density at radius 1 is 1.12 bits per heavy atom. The molecule has 3 heterocycles. The zero-order chi connectivity index (χ0) is 16.7. The van der Waals surface area contributed by atoms with Gasteiger partial charge in [-0.1, -0.05) is 11.6 Å². The van der Waals surface area contributed by atoms with Gasteiger partial charge in [0.15, 0.2) is 0 Å². The van der Waals surface area contributed by atoms with Crippen LogP contribution in [0.1, 0.15) is 61.2 Å². The number of piperidine rings is 1. The van der Waals surface area contributed by atoms with Gasteiger partial charge in [0.2, 0.25) is 0 Å². The molecule has 0 radical (unpaired) electrons. The predicted octanol–water partition coefficient (Wildman–Crippen LogP) is 2.35. The van der Waals surface area contributed by atoms with Crippen molar-refractivity contribution in [3.05, 3.63) is 28.8 Å². The van der Waals surface area contributed by atoms with Crippen LogP contribution in [0.15, 0.2) is 6.20 Å². The molecule has 1 saturated heterocycles. The SMILES string of the molecule is c1c(CCN2CCCC3(CCC3)C2)nnn1Cc1n[nH]c2c1CCC2. The predicted molar refractivity (Wildman–Crippen MR) is 95.4 cm³/mol. The Morgan fingerprint density at radius 2 is 2.04 bits per heavy atom. The highest BCUT2D eigenvalue weighted by Crippen LogP contribution is 2.47. The average Bonchev–Trinajstić information content (AvgIpc) is 3.31. The van der Waals surface area contributed by atoms with E-state index in [-0.39, 0.29) is 0 Å². The van der Waals surface area contributed by atoms with Crippen LogP contribution >= 0.6 is 0 Å². The van der Waals surface area contributed by atoms with Crippen LogP contribution in [-0.2, 0) is 25.8 Å². The molecule has 0 unspecified atom stereocenters. The smallest absolute Gasteiger partial charge is 0.0872 e. The number of likely N-dealkylation sites (tertiary alicyclic amines) is 1. The Hall–Kier alpha value is -1.69. The maximum atomic E-state index is 4.47. The first-order chi connectivity index (χ1) is 12.3. The number of hydrogen-bond acceptors (Lipinski definition) is 4. The fourth-order valence-electron chi connectivity index (χ4n) is 5.06. The molecule has 5 rings (SSSR count). The summed E-state index contributed by atoms with van der Waals surface area (Å²) in [5.74, 6) is 0. The number of hydrogen-bond donors (Lipinski definition) is 1. The monoisotopic (exact) mass is 340 g/mol. The highest BCUT2D eigenvalue weighted by Gasteiger charge is 2.40. The summed E-state index contributed by atoms with van der Waals surface area (Å²) in [7, 11) is 0. The molecule has 25 heavy (non-hydrogen) atoms. The van der Waals surface area contributed by atoms with Crippen LogP contribution in [0.3, 0.4) is 0 Å². The second-order valence-corrected chi connectivity index (χ2v) is 8.37. The Kier molecular flexibility index (Phi) is 3.88. The number of rotatable bonds is 5. The maximum Gasteiger partial charge on any atom is 0.0872 e. The van der Waals surface area contributed by atoms with Gasteiger partial charge in [-0.15, -0.1) is 5.10 Å². The molecule has 3 aliphatic rings. The lowest BCUT2D eigenvalue weighted by atomic mass is 9.64. The van der Waals surface area contributed by atoms with Gasteiger partial charge < -0.3 is 4.90 Å². The van der Waals surface area contributed by atoms with Crippen LogP contribution in [0.25, 0.3) is 0 Å². The van der Waals surface area contributed by atoms with E-state index >= 15 is 0 Å². The molecular formula is C19H28N6. The van der Waals surface area contributed by atoms with E-state index < -0.39 is 0 Å². The second kappa shape index (κ2) is 6.24. The summed E-state index contributed by atoms with van der Waals surface area (Å²) >= 11 is 0. The van der Waals surface area contributed by atoms with Crippen molar-refractivity contribution < 1.29 is 0 Å². The molecule has 1 saturated carbocycles. The van der Waals surface area contributed by atoms with E-state index in [1.165, 1.54) is 62.9 Å². The van der Waals surface area contributed by atoms with E-state index in [2.05, 4.69) is 31.6 Å². The van der Waals surface area contributed by atoms with Gasteiger partial charge in [0, 0.05) is 31.4 Å². The Labute approximate surface area is 149 Å². The van der Waals surface area contributed by atoms with E-state index in [1.54, 1.807) is 0 Å². The molecule has 0 bridgehead atoms. The zero-order valence-corrected chi connectivity index (χ0v) is 15.0. The molecule has 2 aliphatic carbocycles. The fraction of sp³-hybridized carbons (Fsp3) is 0.737. The van der Waals surface area contributed by atoms with Gasteiger partial charge in [-0.3, -0.25) is 5.10 Å². The first-order valence-electron chi connectivity index (χ1n) is 9.96. The molecule has 134 valence electrons. The third kappa shape index (κ3) is 3.01. The average molecular weight is 340 g/mol. The summed E-state index contributed by atoms with van der Waals surface area (Å²) < 4.78 is 1.95. The van der Waals surface area contributed by atoms with Crippen molar-refractivity contribution in [3.63, 3.8) is 0 Å². The summed E-state index contributed by atoms with van der Waals surface area (Å²) in [6.07, 6.45) is 13.8. The number of aromatic nitrogens is 5. The molecule has 6 heteroatoms. The number of aromatic amines is 1. The molecule has 0 atom stereocenters. The lowest BCUT2D eigenvalue weighted by molar-refractivity contribution is 0.0208. The van der Waals surface area contributed by atoms with Crippen LogP contribution in [0.2, 0.25) is 0 Å². The third-order valence-electron chi connectivity index (χ3n) is 6.63. The van der Waals surface area contributed by atoms with Crippen molar-refractivity contribution >= 4 is 0 Å². The molecule has 2 aromatic heterocycles. The number of aryl methyl sites for hydroxylation is 1. The molecular weight excluding hydrogens is 312 g/mol. The van der Waals surface area contributed by atoms with Crippen LogP contribution in [0.4, 0.5) is 0 Å².